The van der Waals surface area contributed by atoms with Crippen molar-refractivity contribution in [2.75, 3.05) is 20.3 Å². The zero-order valence-electron chi connectivity index (χ0n) is 14.2. The van der Waals surface area contributed by atoms with Gasteiger partial charge in [-0.3, -0.25) is 0 Å². The van der Waals surface area contributed by atoms with Crippen LogP contribution in [0.1, 0.15) is 58.6 Å². The minimum atomic E-state index is 0.285. The Morgan fingerprint density at radius 2 is 1.90 bits per heavy atom. The Labute approximate surface area is 130 Å². The molecule has 120 valence electrons. The topological polar surface area (TPSA) is 30.5 Å². The molecule has 2 unspecified atom stereocenters. The minimum absolute atomic E-state index is 0.285. The van der Waals surface area contributed by atoms with Gasteiger partial charge in [0, 0.05) is 17.7 Å². The molecule has 21 heavy (non-hydrogen) atoms. The van der Waals surface area contributed by atoms with Crippen LogP contribution in [-0.2, 0) is 0 Å². The molecule has 1 N–H and O–H groups in total. The van der Waals surface area contributed by atoms with Gasteiger partial charge in [-0.2, -0.15) is 0 Å². The fourth-order valence-electron chi connectivity index (χ4n) is 2.40. The van der Waals surface area contributed by atoms with Crippen LogP contribution in [-0.4, -0.2) is 20.3 Å². The highest BCUT2D eigenvalue weighted by atomic mass is 16.5. The molecule has 2 atom stereocenters. The molecule has 0 aliphatic rings. The fourth-order valence-corrected chi connectivity index (χ4v) is 2.40. The maximum atomic E-state index is 6.08. The first-order valence-corrected chi connectivity index (χ1v) is 8.16. The third-order valence-corrected chi connectivity index (χ3v) is 3.69. The van der Waals surface area contributed by atoms with Gasteiger partial charge in [-0.25, -0.2) is 0 Å². The summed E-state index contributed by atoms with van der Waals surface area (Å²) in [5.74, 6) is 2.36. The Morgan fingerprint density at radius 1 is 1.14 bits per heavy atom. The summed E-state index contributed by atoms with van der Waals surface area (Å²) in [6.45, 7) is 10.6. The van der Waals surface area contributed by atoms with Crippen LogP contribution in [0.5, 0.6) is 11.5 Å². The van der Waals surface area contributed by atoms with Crippen LogP contribution in [0.3, 0.4) is 0 Å². The number of methoxy groups -OCH3 is 1. The SMILES string of the molecule is CCCNC(C)c1ccc(OC)cc1OCC(C)CCC. The predicted molar refractivity (Wildman–Crippen MR) is 89.3 cm³/mol. The summed E-state index contributed by atoms with van der Waals surface area (Å²) in [5.41, 5.74) is 1.20. The summed E-state index contributed by atoms with van der Waals surface area (Å²) in [5, 5.41) is 3.52. The lowest BCUT2D eigenvalue weighted by Gasteiger charge is -2.20. The zero-order chi connectivity index (χ0) is 15.7. The van der Waals surface area contributed by atoms with Gasteiger partial charge in [-0.1, -0.05) is 33.3 Å². The molecule has 0 fully saturated rings. The maximum absolute atomic E-state index is 6.08. The molecule has 0 saturated heterocycles. The van der Waals surface area contributed by atoms with Crippen LogP contribution in [0.25, 0.3) is 0 Å². The van der Waals surface area contributed by atoms with E-state index in [1.807, 2.05) is 12.1 Å². The van der Waals surface area contributed by atoms with Crippen LogP contribution >= 0.6 is 0 Å². The van der Waals surface area contributed by atoms with Crippen molar-refractivity contribution in [3.8, 4) is 11.5 Å². The summed E-state index contributed by atoms with van der Waals surface area (Å²) in [4.78, 5) is 0. The highest BCUT2D eigenvalue weighted by Gasteiger charge is 2.13. The van der Waals surface area contributed by atoms with E-state index in [0.29, 0.717) is 5.92 Å². The Bertz CT molecular complexity index is 406. The van der Waals surface area contributed by atoms with E-state index >= 15 is 0 Å². The Morgan fingerprint density at radius 3 is 2.52 bits per heavy atom. The molecule has 3 nitrogen and oxygen atoms in total. The van der Waals surface area contributed by atoms with Gasteiger partial charge in [0.15, 0.2) is 0 Å². The number of hydrogen-bond acceptors (Lipinski definition) is 3. The van der Waals surface area contributed by atoms with Crippen LogP contribution in [0, 0.1) is 5.92 Å². The molecule has 0 radical (unpaired) electrons. The van der Waals surface area contributed by atoms with E-state index in [9.17, 15) is 0 Å². The smallest absolute Gasteiger partial charge is 0.127 e. The van der Waals surface area contributed by atoms with Crippen molar-refractivity contribution in [3.05, 3.63) is 23.8 Å². The lowest BCUT2D eigenvalue weighted by Crippen LogP contribution is -2.20. The summed E-state index contributed by atoms with van der Waals surface area (Å²) >= 11 is 0. The van der Waals surface area contributed by atoms with E-state index in [1.165, 1.54) is 18.4 Å². The second kappa shape index (κ2) is 9.67. The quantitative estimate of drug-likeness (QED) is 0.685. The zero-order valence-corrected chi connectivity index (χ0v) is 14.2. The highest BCUT2D eigenvalue weighted by Crippen LogP contribution is 2.30. The van der Waals surface area contributed by atoms with Crippen molar-refractivity contribution in [1.29, 1.82) is 0 Å². The van der Waals surface area contributed by atoms with E-state index in [0.717, 1.165) is 31.1 Å². The average Bonchev–Trinajstić information content (AvgIpc) is 2.50. The van der Waals surface area contributed by atoms with Crippen molar-refractivity contribution in [3.63, 3.8) is 0 Å². The van der Waals surface area contributed by atoms with Gasteiger partial charge in [0.1, 0.15) is 11.5 Å². The lowest BCUT2D eigenvalue weighted by molar-refractivity contribution is 0.246. The predicted octanol–water partition coefficient (Wildman–Crippen LogP) is 4.57. The Balaban J connectivity index is 2.81. The van der Waals surface area contributed by atoms with Gasteiger partial charge in [0.05, 0.1) is 13.7 Å². The van der Waals surface area contributed by atoms with E-state index in [4.69, 9.17) is 9.47 Å². The van der Waals surface area contributed by atoms with E-state index in [1.54, 1.807) is 7.11 Å². The highest BCUT2D eigenvalue weighted by molar-refractivity contribution is 5.42. The number of hydrogen-bond donors (Lipinski definition) is 1. The first kappa shape index (κ1) is 17.8. The molecule has 1 aromatic carbocycles. The second-order valence-electron chi connectivity index (χ2n) is 5.78. The van der Waals surface area contributed by atoms with Crippen molar-refractivity contribution in [1.82, 2.24) is 5.32 Å². The van der Waals surface area contributed by atoms with Gasteiger partial charge in [0.2, 0.25) is 0 Å². The van der Waals surface area contributed by atoms with Crippen molar-refractivity contribution < 1.29 is 9.47 Å². The normalized spacial score (nSPS) is 13.8. The summed E-state index contributed by atoms with van der Waals surface area (Å²) in [7, 11) is 1.69. The van der Waals surface area contributed by atoms with Crippen LogP contribution in [0.4, 0.5) is 0 Å². The van der Waals surface area contributed by atoms with Gasteiger partial charge in [-0.15, -0.1) is 0 Å². The number of ether oxygens (including phenoxy) is 2. The lowest BCUT2D eigenvalue weighted by atomic mass is 10.1. The van der Waals surface area contributed by atoms with Gasteiger partial charge >= 0.3 is 0 Å². The van der Waals surface area contributed by atoms with E-state index in [-0.39, 0.29) is 6.04 Å². The second-order valence-corrected chi connectivity index (χ2v) is 5.78. The molecular formula is C18H31NO2. The molecule has 1 rings (SSSR count). The molecule has 0 saturated carbocycles. The first-order chi connectivity index (χ1) is 10.1. The molecule has 0 aromatic heterocycles. The van der Waals surface area contributed by atoms with Gasteiger partial charge in [0.25, 0.3) is 0 Å². The van der Waals surface area contributed by atoms with Crippen molar-refractivity contribution in [2.24, 2.45) is 5.92 Å². The molecule has 0 aliphatic carbocycles. The molecular weight excluding hydrogens is 262 g/mol. The standard InChI is InChI=1S/C18H31NO2/c1-6-8-14(3)13-21-18-12-16(20-5)9-10-17(18)15(4)19-11-7-2/h9-10,12,14-15,19H,6-8,11,13H2,1-5H3. The summed E-state index contributed by atoms with van der Waals surface area (Å²) in [6.07, 6.45) is 3.52. The molecule has 3 heteroatoms. The Hall–Kier alpha value is -1.22. The van der Waals surface area contributed by atoms with Gasteiger partial charge < -0.3 is 14.8 Å². The average molecular weight is 293 g/mol. The molecule has 0 amide bonds. The monoisotopic (exact) mass is 293 g/mol. The first-order valence-electron chi connectivity index (χ1n) is 8.16. The van der Waals surface area contributed by atoms with E-state index < -0.39 is 0 Å². The number of rotatable bonds is 10. The molecule has 0 spiro atoms. The third kappa shape index (κ3) is 5.96. The van der Waals surface area contributed by atoms with Crippen molar-refractivity contribution in [2.45, 2.75) is 53.0 Å². The minimum Gasteiger partial charge on any atom is -0.497 e. The summed E-state index contributed by atoms with van der Waals surface area (Å²) < 4.78 is 11.4. The molecule has 1 aromatic rings. The Kier molecular flexibility index (Phi) is 8.21. The van der Waals surface area contributed by atoms with Gasteiger partial charge in [-0.05, 0) is 38.3 Å². The molecule has 0 heterocycles. The fraction of sp³-hybridized carbons (Fsp3) is 0.667. The summed E-state index contributed by atoms with van der Waals surface area (Å²) in [6, 6.07) is 6.39. The van der Waals surface area contributed by atoms with E-state index in [2.05, 4.69) is 39.1 Å². The van der Waals surface area contributed by atoms with Crippen LogP contribution in [0.15, 0.2) is 18.2 Å². The van der Waals surface area contributed by atoms with Crippen LogP contribution in [0.2, 0.25) is 0 Å². The molecule has 0 aliphatic heterocycles. The third-order valence-electron chi connectivity index (χ3n) is 3.69. The number of benzene rings is 1. The van der Waals surface area contributed by atoms with Crippen molar-refractivity contribution >= 4 is 0 Å². The van der Waals surface area contributed by atoms with Crippen LogP contribution < -0.4 is 14.8 Å². The maximum Gasteiger partial charge on any atom is 0.127 e. The number of nitrogens with one attached hydrogen (secondary N) is 1. The molecule has 0 bridgehead atoms. The largest absolute Gasteiger partial charge is 0.497 e.